The van der Waals surface area contributed by atoms with Gasteiger partial charge in [0.2, 0.25) is 0 Å². The van der Waals surface area contributed by atoms with Crippen LogP contribution in [0.2, 0.25) is 0 Å². The number of nitro benzene ring substituents is 1. The first-order valence-electron chi connectivity index (χ1n) is 10.1. The van der Waals surface area contributed by atoms with Gasteiger partial charge < -0.3 is 8.83 Å². The summed E-state index contributed by atoms with van der Waals surface area (Å²) in [6, 6.07) is 21.5. The third-order valence-corrected chi connectivity index (χ3v) is 5.40. The molecule has 0 aliphatic rings. The zero-order valence-electron chi connectivity index (χ0n) is 17.4. The molecule has 162 valence electrons. The third-order valence-electron chi connectivity index (χ3n) is 5.40. The van der Waals surface area contributed by atoms with E-state index < -0.39 is 10.8 Å². The van der Waals surface area contributed by atoms with E-state index in [0.29, 0.717) is 28.2 Å². The molecule has 2 aromatic heterocycles. The Morgan fingerprint density at radius 3 is 2.70 bits per heavy atom. The SMILES string of the molecule is Cc1c(-c2ccc(/C=N\NC(=O)c3cc4c(ccc5ccccc54)o3)o2)cccc1[N+](=O)[O-]. The molecule has 0 bridgehead atoms. The summed E-state index contributed by atoms with van der Waals surface area (Å²) in [6.45, 7) is 1.67. The van der Waals surface area contributed by atoms with Gasteiger partial charge in [-0.25, -0.2) is 5.43 Å². The lowest BCUT2D eigenvalue weighted by Crippen LogP contribution is -2.16. The molecule has 0 saturated heterocycles. The lowest BCUT2D eigenvalue weighted by molar-refractivity contribution is -0.385. The van der Waals surface area contributed by atoms with Crippen LogP contribution in [-0.4, -0.2) is 17.0 Å². The number of hydrazone groups is 1. The van der Waals surface area contributed by atoms with E-state index in [0.717, 1.165) is 16.2 Å². The van der Waals surface area contributed by atoms with Crippen molar-refractivity contribution in [2.75, 3.05) is 0 Å². The van der Waals surface area contributed by atoms with Crippen LogP contribution in [0.15, 0.2) is 86.7 Å². The zero-order valence-corrected chi connectivity index (χ0v) is 17.4. The van der Waals surface area contributed by atoms with Gasteiger partial charge in [0.25, 0.3) is 5.69 Å². The van der Waals surface area contributed by atoms with Crippen LogP contribution in [0.3, 0.4) is 0 Å². The summed E-state index contributed by atoms with van der Waals surface area (Å²) in [5, 5.41) is 18.0. The van der Waals surface area contributed by atoms with Crippen LogP contribution < -0.4 is 5.43 Å². The number of benzene rings is 3. The highest BCUT2D eigenvalue weighted by Crippen LogP contribution is 2.31. The molecule has 1 N–H and O–H groups in total. The summed E-state index contributed by atoms with van der Waals surface area (Å²) in [5.41, 5.74) is 4.18. The van der Waals surface area contributed by atoms with Gasteiger partial charge in [-0.1, -0.05) is 42.5 Å². The molecule has 0 atom stereocenters. The number of amides is 1. The van der Waals surface area contributed by atoms with Gasteiger partial charge in [-0.2, -0.15) is 5.10 Å². The standard InChI is InChI=1S/C25H17N3O5/c1-15-18(7-4-8-21(15)28(30)31)22-12-10-17(32-22)14-26-27-25(29)24-13-20-19-6-3-2-5-16(19)9-11-23(20)33-24/h2-14H,1H3,(H,27,29)/b26-14-. The van der Waals surface area contributed by atoms with E-state index in [4.69, 9.17) is 8.83 Å². The Balaban J connectivity index is 1.33. The van der Waals surface area contributed by atoms with E-state index in [1.807, 2.05) is 36.4 Å². The van der Waals surface area contributed by atoms with E-state index in [1.165, 1.54) is 12.3 Å². The van der Waals surface area contributed by atoms with Crippen LogP contribution in [0.5, 0.6) is 0 Å². The summed E-state index contributed by atoms with van der Waals surface area (Å²) in [7, 11) is 0. The van der Waals surface area contributed by atoms with E-state index in [1.54, 1.807) is 37.3 Å². The van der Waals surface area contributed by atoms with E-state index >= 15 is 0 Å². The summed E-state index contributed by atoms with van der Waals surface area (Å²) in [4.78, 5) is 23.2. The molecule has 0 unspecified atom stereocenters. The fourth-order valence-electron chi connectivity index (χ4n) is 3.77. The molecule has 0 aliphatic carbocycles. The van der Waals surface area contributed by atoms with Crippen molar-refractivity contribution in [2.24, 2.45) is 5.10 Å². The third kappa shape index (κ3) is 3.74. The molecular formula is C25H17N3O5. The van der Waals surface area contributed by atoms with Crippen molar-refractivity contribution in [3.05, 3.63) is 100.0 Å². The first-order chi connectivity index (χ1) is 16.0. The van der Waals surface area contributed by atoms with Gasteiger partial charge in [-0.15, -0.1) is 0 Å². The Morgan fingerprint density at radius 2 is 1.85 bits per heavy atom. The number of hydrogen-bond donors (Lipinski definition) is 1. The first kappa shape index (κ1) is 20.2. The minimum absolute atomic E-state index is 0.0185. The average molecular weight is 439 g/mol. The van der Waals surface area contributed by atoms with Crippen LogP contribution >= 0.6 is 0 Å². The maximum absolute atomic E-state index is 12.5. The molecule has 1 amide bonds. The minimum Gasteiger partial charge on any atom is -0.455 e. The number of carbonyl (C=O) groups excluding carboxylic acids is 1. The Hall–Kier alpha value is -4.72. The molecule has 3 aromatic carbocycles. The minimum atomic E-state index is -0.493. The molecule has 5 rings (SSSR count). The largest absolute Gasteiger partial charge is 0.455 e. The number of hydrogen-bond acceptors (Lipinski definition) is 6. The van der Waals surface area contributed by atoms with Gasteiger partial charge in [0.05, 0.1) is 11.1 Å². The highest BCUT2D eigenvalue weighted by Gasteiger charge is 2.17. The lowest BCUT2D eigenvalue weighted by atomic mass is 10.1. The normalized spacial score (nSPS) is 11.4. The van der Waals surface area contributed by atoms with Crippen molar-refractivity contribution in [3.63, 3.8) is 0 Å². The lowest BCUT2D eigenvalue weighted by Gasteiger charge is -2.02. The van der Waals surface area contributed by atoms with Gasteiger partial charge in [0.1, 0.15) is 17.1 Å². The van der Waals surface area contributed by atoms with Crippen LogP contribution in [-0.2, 0) is 0 Å². The quantitative estimate of drug-likeness (QED) is 0.210. The molecule has 8 nitrogen and oxygen atoms in total. The Morgan fingerprint density at radius 1 is 1.00 bits per heavy atom. The van der Waals surface area contributed by atoms with E-state index in [9.17, 15) is 14.9 Å². The number of fused-ring (bicyclic) bond motifs is 3. The predicted octanol–water partition coefficient (Wildman–Crippen LogP) is 5.83. The monoisotopic (exact) mass is 439 g/mol. The van der Waals surface area contributed by atoms with Crippen molar-refractivity contribution in [1.29, 1.82) is 0 Å². The molecule has 0 aliphatic heterocycles. The molecule has 0 spiro atoms. The summed E-state index contributed by atoms with van der Waals surface area (Å²) in [6.07, 6.45) is 1.35. The highest BCUT2D eigenvalue weighted by molar-refractivity contribution is 6.08. The number of nitro groups is 1. The number of nitrogens with one attached hydrogen (secondary N) is 1. The van der Waals surface area contributed by atoms with Crippen molar-refractivity contribution in [3.8, 4) is 11.3 Å². The second-order valence-electron chi connectivity index (χ2n) is 7.42. The highest BCUT2D eigenvalue weighted by atomic mass is 16.6. The Bertz CT molecular complexity index is 1560. The maximum Gasteiger partial charge on any atom is 0.307 e. The molecular weight excluding hydrogens is 422 g/mol. The second-order valence-corrected chi connectivity index (χ2v) is 7.42. The van der Waals surface area contributed by atoms with Crippen molar-refractivity contribution >= 4 is 39.6 Å². The van der Waals surface area contributed by atoms with E-state index in [-0.39, 0.29) is 11.4 Å². The smallest absolute Gasteiger partial charge is 0.307 e. The average Bonchev–Trinajstić information content (AvgIpc) is 3.46. The van der Waals surface area contributed by atoms with Crippen molar-refractivity contribution in [2.45, 2.75) is 6.92 Å². The molecule has 8 heteroatoms. The molecule has 0 fully saturated rings. The fraction of sp³-hybridized carbons (Fsp3) is 0.0400. The number of carbonyl (C=O) groups is 1. The molecule has 0 radical (unpaired) electrons. The predicted molar refractivity (Wildman–Crippen MR) is 124 cm³/mol. The van der Waals surface area contributed by atoms with Crippen LogP contribution in [0.25, 0.3) is 33.1 Å². The molecule has 33 heavy (non-hydrogen) atoms. The van der Waals surface area contributed by atoms with E-state index in [2.05, 4.69) is 10.5 Å². The van der Waals surface area contributed by atoms with Gasteiger partial charge >= 0.3 is 5.91 Å². The number of nitrogens with zero attached hydrogens (tertiary/aromatic N) is 2. The number of furan rings is 2. The Kier molecular flexibility index (Phi) is 4.95. The van der Waals surface area contributed by atoms with Crippen LogP contribution in [0, 0.1) is 17.0 Å². The molecule has 2 heterocycles. The first-order valence-corrected chi connectivity index (χ1v) is 10.1. The Labute approximate surface area is 187 Å². The van der Waals surface area contributed by atoms with Gasteiger partial charge in [0, 0.05) is 22.6 Å². The van der Waals surface area contributed by atoms with Gasteiger partial charge in [-0.3, -0.25) is 14.9 Å². The summed E-state index contributed by atoms with van der Waals surface area (Å²) < 4.78 is 11.4. The van der Waals surface area contributed by atoms with Crippen molar-refractivity contribution < 1.29 is 18.6 Å². The molecule has 0 saturated carbocycles. The zero-order chi connectivity index (χ0) is 22.9. The van der Waals surface area contributed by atoms with Gasteiger partial charge in [-0.05, 0) is 42.0 Å². The van der Waals surface area contributed by atoms with Gasteiger partial charge in [0.15, 0.2) is 5.76 Å². The second kappa shape index (κ2) is 8.08. The summed E-state index contributed by atoms with van der Waals surface area (Å²) in [5.74, 6) is 0.499. The maximum atomic E-state index is 12.5. The molecule has 5 aromatic rings. The van der Waals surface area contributed by atoms with Crippen LogP contribution in [0.4, 0.5) is 5.69 Å². The topological polar surface area (TPSA) is 111 Å². The van der Waals surface area contributed by atoms with Crippen molar-refractivity contribution in [1.82, 2.24) is 5.43 Å². The fourth-order valence-corrected chi connectivity index (χ4v) is 3.77. The number of rotatable bonds is 5. The van der Waals surface area contributed by atoms with Crippen LogP contribution in [0.1, 0.15) is 21.9 Å². The summed E-state index contributed by atoms with van der Waals surface area (Å²) >= 11 is 0.